The summed E-state index contributed by atoms with van der Waals surface area (Å²) in [5.41, 5.74) is 2.09. The van der Waals surface area contributed by atoms with E-state index in [-0.39, 0.29) is 0 Å². The highest BCUT2D eigenvalue weighted by molar-refractivity contribution is 7.98. The summed E-state index contributed by atoms with van der Waals surface area (Å²) in [5, 5.41) is 13.8. The number of aldehydes is 1. The predicted octanol–water partition coefficient (Wildman–Crippen LogP) is 1.85. The number of H-pyrrole nitrogens is 1. The normalized spacial score (nSPS) is 12.6. The lowest BCUT2D eigenvalue weighted by Gasteiger charge is -2.10. The summed E-state index contributed by atoms with van der Waals surface area (Å²) in [6.07, 6.45) is 2.94. The van der Waals surface area contributed by atoms with Gasteiger partial charge < -0.3 is 15.4 Å². The first-order valence-corrected chi connectivity index (χ1v) is 7.66. The summed E-state index contributed by atoms with van der Waals surface area (Å²) in [6.45, 7) is 4.03. The van der Waals surface area contributed by atoms with Gasteiger partial charge in [0.15, 0.2) is 11.4 Å². The Kier molecular flexibility index (Phi) is 4.61. The number of anilines is 1. The van der Waals surface area contributed by atoms with Gasteiger partial charge in [-0.2, -0.15) is 0 Å². The molecule has 2 rings (SSSR count). The Morgan fingerprint density at radius 2 is 2.25 bits per heavy atom. The van der Waals surface area contributed by atoms with Crippen LogP contribution < -0.4 is 5.32 Å². The zero-order chi connectivity index (χ0) is 14.7. The van der Waals surface area contributed by atoms with Crippen LogP contribution in [-0.4, -0.2) is 45.2 Å². The van der Waals surface area contributed by atoms with E-state index in [1.807, 2.05) is 13.2 Å². The maximum Gasteiger partial charge on any atom is 0.191 e. The van der Waals surface area contributed by atoms with Gasteiger partial charge in [0.1, 0.15) is 11.5 Å². The second-order valence-corrected chi connectivity index (χ2v) is 5.27. The summed E-state index contributed by atoms with van der Waals surface area (Å²) < 4.78 is 0. The molecule has 2 aromatic rings. The van der Waals surface area contributed by atoms with Gasteiger partial charge in [-0.05, 0) is 19.6 Å². The topological polar surface area (TPSA) is 90.9 Å². The monoisotopic (exact) mass is 294 g/mol. The van der Waals surface area contributed by atoms with Gasteiger partial charge in [-0.15, -0.1) is 0 Å². The van der Waals surface area contributed by atoms with Crippen molar-refractivity contribution >= 4 is 34.9 Å². The molecule has 0 radical (unpaired) electrons. The van der Waals surface area contributed by atoms with Crippen molar-refractivity contribution in [3.05, 3.63) is 11.3 Å². The maximum absolute atomic E-state index is 11.3. The smallest absolute Gasteiger partial charge is 0.191 e. The fraction of sp³-hybridized carbons (Fsp3) is 0.462. The van der Waals surface area contributed by atoms with Crippen LogP contribution in [0.5, 0.6) is 0 Å². The highest BCUT2D eigenvalue weighted by atomic mass is 32.2. The minimum absolute atomic E-state index is 0.366. The predicted molar refractivity (Wildman–Crippen MR) is 80.6 cm³/mol. The number of rotatable bonds is 6. The van der Waals surface area contributed by atoms with E-state index in [4.69, 9.17) is 0 Å². The molecule has 0 saturated carbocycles. The number of aliphatic hydroxyl groups is 1. The molecule has 108 valence electrons. The first kappa shape index (κ1) is 14.8. The van der Waals surface area contributed by atoms with Gasteiger partial charge in [0.05, 0.1) is 11.5 Å². The molecule has 0 aliphatic carbocycles. The molecule has 0 aromatic carbocycles. The summed E-state index contributed by atoms with van der Waals surface area (Å²) in [7, 11) is 0. The SMILES string of the molecule is CCc1[nH]c2nc(SC)nc(NC[C@H](C)O)c2c1C=O. The number of aromatic amines is 1. The minimum atomic E-state index is -0.498. The van der Waals surface area contributed by atoms with Crippen molar-refractivity contribution in [3.8, 4) is 0 Å². The number of aryl methyl sites for hydroxylation is 1. The van der Waals surface area contributed by atoms with E-state index in [0.717, 1.165) is 18.4 Å². The van der Waals surface area contributed by atoms with Gasteiger partial charge in [-0.3, -0.25) is 4.79 Å². The van der Waals surface area contributed by atoms with E-state index in [1.165, 1.54) is 11.8 Å². The molecule has 0 amide bonds. The van der Waals surface area contributed by atoms with Crippen LogP contribution in [0.1, 0.15) is 29.9 Å². The molecule has 0 unspecified atom stereocenters. The van der Waals surface area contributed by atoms with Gasteiger partial charge in [0, 0.05) is 17.8 Å². The summed E-state index contributed by atoms with van der Waals surface area (Å²) in [5.74, 6) is 0.582. The first-order chi connectivity index (χ1) is 9.60. The number of thioether (sulfide) groups is 1. The van der Waals surface area contributed by atoms with Crippen molar-refractivity contribution in [3.63, 3.8) is 0 Å². The van der Waals surface area contributed by atoms with Crippen LogP contribution >= 0.6 is 11.8 Å². The fourth-order valence-electron chi connectivity index (χ4n) is 2.02. The van der Waals surface area contributed by atoms with Crippen molar-refractivity contribution in [2.45, 2.75) is 31.5 Å². The molecule has 3 N–H and O–H groups in total. The number of hydrogen-bond donors (Lipinski definition) is 3. The van der Waals surface area contributed by atoms with Crippen LogP contribution in [-0.2, 0) is 6.42 Å². The standard InChI is InChI=1S/C13H18N4O2S/c1-4-9-8(6-18)10-11(14-5-7(2)19)16-13(20-3)17-12(10)15-9/h6-7,19H,4-5H2,1-3H3,(H2,14,15,16,17)/t7-/m0/s1. The van der Waals surface area contributed by atoms with Crippen molar-refractivity contribution in [2.24, 2.45) is 0 Å². The Balaban J connectivity index is 2.61. The fourth-order valence-corrected chi connectivity index (χ4v) is 2.38. The van der Waals surface area contributed by atoms with Gasteiger partial charge in [0.25, 0.3) is 0 Å². The number of carbonyl (C=O) groups is 1. The Morgan fingerprint density at radius 1 is 1.50 bits per heavy atom. The van der Waals surface area contributed by atoms with Crippen LogP contribution in [0.2, 0.25) is 0 Å². The summed E-state index contributed by atoms with van der Waals surface area (Å²) in [4.78, 5) is 23.3. The largest absolute Gasteiger partial charge is 0.392 e. The molecule has 0 saturated heterocycles. The lowest BCUT2D eigenvalue weighted by molar-refractivity contribution is 0.112. The van der Waals surface area contributed by atoms with Crippen LogP contribution in [0.3, 0.4) is 0 Å². The van der Waals surface area contributed by atoms with E-state index in [0.29, 0.717) is 34.1 Å². The number of fused-ring (bicyclic) bond motifs is 1. The molecular formula is C13H18N4O2S. The van der Waals surface area contributed by atoms with Crippen LogP contribution in [0.15, 0.2) is 5.16 Å². The van der Waals surface area contributed by atoms with Crippen molar-refractivity contribution < 1.29 is 9.90 Å². The second kappa shape index (κ2) is 6.23. The van der Waals surface area contributed by atoms with E-state index < -0.39 is 6.10 Å². The Bertz CT molecular complexity index is 624. The molecule has 2 heterocycles. The molecule has 0 bridgehead atoms. The number of aromatic nitrogens is 3. The third kappa shape index (κ3) is 2.78. The highest BCUT2D eigenvalue weighted by Crippen LogP contribution is 2.28. The van der Waals surface area contributed by atoms with Crippen molar-refractivity contribution in [1.82, 2.24) is 15.0 Å². The van der Waals surface area contributed by atoms with Crippen molar-refractivity contribution in [1.29, 1.82) is 0 Å². The number of aliphatic hydroxyl groups excluding tert-OH is 1. The van der Waals surface area contributed by atoms with E-state index in [9.17, 15) is 9.90 Å². The molecule has 0 fully saturated rings. The van der Waals surface area contributed by atoms with Gasteiger partial charge >= 0.3 is 0 Å². The number of nitrogens with zero attached hydrogens (tertiary/aromatic N) is 2. The lowest BCUT2D eigenvalue weighted by Crippen LogP contribution is -2.16. The maximum atomic E-state index is 11.3. The molecular weight excluding hydrogens is 276 g/mol. The van der Waals surface area contributed by atoms with Gasteiger partial charge in [0.2, 0.25) is 0 Å². The quantitative estimate of drug-likeness (QED) is 0.428. The Morgan fingerprint density at radius 3 is 2.80 bits per heavy atom. The van der Waals surface area contributed by atoms with Gasteiger partial charge in [-0.1, -0.05) is 18.7 Å². The third-order valence-corrected chi connectivity index (χ3v) is 3.52. The van der Waals surface area contributed by atoms with Crippen LogP contribution in [0.25, 0.3) is 11.0 Å². The van der Waals surface area contributed by atoms with Crippen LogP contribution in [0.4, 0.5) is 5.82 Å². The lowest BCUT2D eigenvalue weighted by atomic mass is 10.1. The first-order valence-electron chi connectivity index (χ1n) is 6.44. The second-order valence-electron chi connectivity index (χ2n) is 4.50. The zero-order valence-electron chi connectivity index (χ0n) is 11.7. The number of nitrogens with one attached hydrogen (secondary N) is 2. The molecule has 7 heteroatoms. The molecule has 20 heavy (non-hydrogen) atoms. The molecule has 0 aliphatic heterocycles. The van der Waals surface area contributed by atoms with Crippen molar-refractivity contribution in [2.75, 3.05) is 18.1 Å². The molecule has 0 spiro atoms. The summed E-state index contributed by atoms with van der Waals surface area (Å²) in [6, 6.07) is 0. The average Bonchev–Trinajstić information content (AvgIpc) is 2.81. The number of carbonyl (C=O) groups excluding carboxylic acids is 1. The van der Waals surface area contributed by atoms with E-state index in [2.05, 4.69) is 20.3 Å². The van der Waals surface area contributed by atoms with E-state index in [1.54, 1.807) is 6.92 Å². The Labute approximate surface area is 121 Å². The third-order valence-electron chi connectivity index (χ3n) is 2.97. The average molecular weight is 294 g/mol. The highest BCUT2D eigenvalue weighted by Gasteiger charge is 2.17. The summed E-state index contributed by atoms with van der Waals surface area (Å²) >= 11 is 1.43. The van der Waals surface area contributed by atoms with E-state index >= 15 is 0 Å². The Hall–Kier alpha value is -1.60. The molecule has 2 aromatic heterocycles. The zero-order valence-corrected chi connectivity index (χ0v) is 12.5. The molecule has 6 nitrogen and oxygen atoms in total. The number of hydrogen-bond acceptors (Lipinski definition) is 6. The van der Waals surface area contributed by atoms with Gasteiger partial charge in [-0.25, -0.2) is 9.97 Å². The molecule has 0 aliphatic rings. The molecule has 1 atom stereocenters. The van der Waals surface area contributed by atoms with Crippen LogP contribution in [0, 0.1) is 0 Å². The minimum Gasteiger partial charge on any atom is -0.392 e.